The summed E-state index contributed by atoms with van der Waals surface area (Å²) >= 11 is 0. The number of carbonyl (C=O) groups is 1. The number of ether oxygens (including phenoxy) is 1. The van der Waals surface area contributed by atoms with Crippen molar-refractivity contribution in [3.05, 3.63) is 24.3 Å². The van der Waals surface area contributed by atoms with Crippen molar-refractivity contribution in [1.82, 2.24) is 15.0 Å². The molecule has 1 aromatic heterocycles. The van der Waals surface area contributed by atoms with E-state index in [1.165, 1.54) is 0 Å². The number of para-hydroxylation sites is 2. The van der Waals surface area contributed by atoms with E-state index in [-0.39, 0.29) is 0 Å². The Morgan fingerprint density at radius 1 is 0.966 bits per heavy atom. The Morgan fingerprint density at radius 3 is 2.24 bits per heavy atom. The molecule has 2 aliphatic rings. The van der Waals surface area contributed by atoms with Crippen molar-refractivity contribution in [2.75, 3.05) is 73.5 Å². The van der Waals surface area contributed by atoms with Gasteiger partial charge >= 0.3 is 0 Å². The Labute approximate surface area is 170 Å². The highest BCUT2D eigenvalue weighted by atomic mass is 16.5. The number of piperidine rings is 1. The first-order valence-electron chi connectivity index (χ1n) is 10.0. The molecule has 0 bridgehead atoms. The molecule has 2 saturated heterocycles. The maximum atomic E-state index is 11.7. The Hall–Kier alpha value is -2.94. The second-order valence-corrected chi connectivity index (χ2v) is 7.19. The number of anilines is 5. The molecule has 4 rings (SSSR count). The average Bonchev–Trinajstić information content (AvgIpc) is 2.79. The van der Waals surface area contributed by atoms with Crippen molar-refractivity contribution < 1.29 is 9.53 Å². The maximum absolute atomic E-state index is 11.7. The number of hydrogen-bond donors (Lipinski definition) is 1. The maximum Gasteiger partial charge on any atom is 0.236 e. The van der Waals surface area contributed by atoms with E-state index in [1.54, 1.807) is 0 Å². The highest BCUT2D eigenvalue weighted by molar-refractivity contribution is 5.80. The summed E-state index contributed by atoms with van der Waals surface area (Å²) in [5.41, 5.74) is 1.97. The van der Waals surface area contributed by atoms with E-state index < -0.39 is 0 Å². The van der Waals surface area contributed by atoms with Crippen LogP contribution in [-0.4, -0.2) is 74.2 Å². The van der Waals surface area contributed by atoms with Gasteiger partial charge in [-0.1, -0.05) is 12.1 Å². The van der Waals surface area contributed by atoms with Crippen molar-refractivity contribution in [1.29, 1.82) is 0 Å². The number of rotatable bonds is 5. The fourth-order valence-electron chi connectivity index (χ4n) is 3.58. The summed E-state index contributed by atoms with van der Waals surface area (Å²) in [6.07, 6.45) is 1.07. The van der Waals surface area contributed by atoms with Gasteiger partial charge in [0.05, 0.1) is 24.6 Å². The molecule has 3 heterocycles. The Balaban J connectivity index is 1.71. The van der Waals surface area contributed by atoms with Crippen LogP contribution >= 0.6 is 0 Å². The van der Waals surface area contributed by atoms with E-state index in [0.29, 0.717) is 62.8 Å². The van der Waals surface area contributed by atoms with Gasteiger partial charge in [-0.3, -0.25) is 4.79 Å². The Morgan fingerprint density at radius 2 is 1.59 bits per heavy atom. The molecule has 154 valence electrons. The summed E-state index contributed by atoms with van der Waals surface area (Å²) in [5, 5.41) is 3.22. The third-order valence-corrected chi connectivity index (χ3v) is 5.33. The van der Waals surface area contributed by atoms with Gasteiger partial charge in [0.15, 0.2) is 0 Å². The zero-order valence-corrected chi connectivity index (χ0v) is 17.0. The summed E-state index contributed by atoms with van der Waals surface area (Å²) in [6, 6.07) is 8.04. The summed E-state index contributed by atoms with van der Waals surface area (Å²) in [4.78, 5) is 32.1. The van der Waals surface area contributed by atoms with Crippen molar-refractivity contribution in [3.63, 3.8) is 0 Å². The van der Waals surface area contributed by atoms with Gasteiger partial charge in [0.1, 0.15) is 5.78 Å². The molecule has 2 aliphatic heterocycles. The van der Waals surface area contributed by atoms with Crippen LogP contribution in [0.25, 0.3) is 0 Å². The number of ketones is 1. The topological polar surface area (TPSA) is 86.7 Å². The van der Waals surface area contributed by atoms with Crippen LogP contribution in [-0.2, 0) is 9.53 Å². The smallest absolute Gasteiger partial charge is 0.236 e. The molecular formula is C20H27N7O2. The van der Waals surface area contributed by atoms with Gasteiger partial charge in [-0.15, -0.1) is 0 Å². The van der Waals surface area contributed by atoms with Crippen LogP contribution in [0.15, 0.2) is 24.3 Å². The number of nitrogens with zero attached hydrogens (tertiary/aromatic N) is 6. The van der Waals surface area contributed by atoms with Gasteiger partial charge in [-0.05, 0) is 12.1 Å². The van der Waals surface area contributed by atoms with Gasteiger partial charge in [-0.25, -0.2) is 0 Å². The molecule has 0 amide bonds. The number of carbonyl (C=O) groups excluding carboxylic acids is 1. The zero-order chi connectivity index (χ0) is 20.2. The minimum Gasteiger partial charge on any atom is -0.386 e. The van der Waals surface area contributed by atoms with Gasteiger partial charge in [0, 0.05) is 53.1 Å². The van der Waals surface area contributed by atoms with Crippen LogP contribution in [0.5, 0.6) is 0 Å². The lowest BCUT2D eigenvalue weighted by atomic mass is 10.1. The molecule has 1 N–H and O–H groups in total. The molecule has 0 unspecified atom stereocenters. The molecule has 29 heavy (non-hydrogen) atoms. The second-order valence-electron chi connectivity index (χ2n) is 7.19. The first-order chi connectivity index (χ1) is 14.2. The predicted molar refractivity (Wildman–Crippen MR) is 113 cm³/mol. The van der Waals surface area contributed by atoms with Gasteiger partial charge in [0.25, 0.3) is 0 Å². The van der Waals surface area contributed by atoms with Crippen molar-refractivity contribution in [2.45, 2.75) is 12.8 Å². The Kier molecular flexibility index (Phi) is 5.75. The van der Waals surface area contributed by atoms with E-state index in [9.17, 15) is 4.79 Å². The highest BCUT2D eigenvalue weighted by Crippen LogP contribution is 2.30. The largest absolute Gasteiger partial charge is 0.386 e. The fraction of sp³-hybridized carbons (Fsp3) is 0.500. The molecule has 2 aromatic rings. The summed E-state index contributed by atoms with van der Waals surface area (Å²) in [6.45, 7) is 4.10. The minimum atomic E-state index is 0.295. The summed E-state index contributed by atoms with van der Waals surface area (Å²) in [7, 11) is 3.85. The Bertz CT molecular complexity index is 860. The van der Waals surface area contributed by atoms with E-state index in [1.807, 2.05) is 43.3 Å². The van der Waals surface area contributed by atoms with E-state index in [2.05, 4.69) is 15.1 Å². The molecule has 0 atom stereocenters. The van der Waals surface area contributed by atoms with Crippen LogP contribution in [0.1, 0.15) is 12.8 Å². The molecular weight excluding hydrogens is 370 g/mol. The number of aromatic nitrogens is 3. The summed E-state index contributed by atoms with van der Waals surface area (Å²) < 4.78 is 5.48. The lowest BCUT2D eigenvalue weighted by Crippen LogP contribution is -2.39. The van der Waals surface area contributed by atoms with Crippen molar-refractivity contribution in [2.24, 2.45) is 0 Å². The molecule has 0 saturated carbocycles. The van der Waals surface area contributed by atoms with Crippen LogP contribution in [0.3, 0.4) is 0 Å². The summed E-state index contributed by atoms with van der Waals surface area (Å²) in [5.74, 6) is 2.15. The van der Waals surface area contributed by atoms with Crippen LogP contribution in [0, 0.1) is 0 Å². The molecule has 2 fully saturated rings. The van der Waals surface area contributed by atoms with E-state index >= 15 is 0 Å². The number of hydrogen-bond acceptors (Lipinski definition) is 9. The number of Topliss-reactive ketones (excluding diaryl/α,β-unsaturated/α-hetero) is 1. The average molecular weight is 397 g/mol. The van der Waals surface area contributed by atoms with Crippen molar-refractivity contribution >= 4 is 35.0 Å². The quantitative estimate of drug-likeness (QED) is 0.810. The van der Waals surface area contributed by atoms with Gasteiger partial charge in [-0.2, -0.15) is 15.0 Å². The minimum absolute atomic E-state index is 0.295. The van der Waals surface area contributed by atoms with Crippen LogP contribution in [0.2, 0.25) is 0 Å². The monoisotopic (exact) mass is 397 g/mol. The van der Waals surface area contributed by atoms with E-state index in [0.717, 1.165) is 24.5 Å². The molecule has 1 aromatic carbocycles. The van der Waals surface area contributed by atoms with E-state index in [4.69, 9.17) is 19.7 Å². The van der Waals surface area contributed by atoms with Crippen molar-refractivity contribution in [3.8, 4) is 0 Å². The van der Waals surface area contributed by atoms with Crippen LogP contribution in [0.4, 0.5) is 29.2 Å². The lowest BCUT2D eigenvalue weighted by molar-refractivity contribution is -0.119. The molecule has 0 aliphatic carbocycles. The first kappa shape index (κ1) is 19.4. The third kappa shape index (κ3) is 4.24. The fourth-order valence-corrected chi connectivity index (χ4v) is 3.58. The van der Waals surface area contributed by atoms with Gasteiger partial charge in [0.2, 0.25) is 17.8 Å². The number of benzene rings is 1. The van der Waals surface area contributed by atoms with Gasteiger partial charge < -0.3 is 24.8 Å². The predicted octanol–water partition coefficient (Wildman–Crippen LogP) is 1.69. The highest BCUT2D eigenvalue weighted by Gasteiger charge is 2.24. The first-order valence-corrected chi connectivity index (χ1v) is 10.0. The molecule has 9 nitrogen and oxygen atoms in total. The SMILES string of the molecule is CNc1ccccc1N(C)c1nc(N2CCOCC2)nc(N2CCC(=O)CC2)n1. The third-order valence-electron chi connectivity index (χ3n) is 5.33. The standard InChI is InChI=1S/C20H27N7O2/c1-21-16-5-3-4-6-17(16)25(2)18-22-19(26-9-7-15(28)8-10-26)24-20(23-18)27-11-13-29-14-12-27/h3-6,21H,7-14H2,1-2H3. The van der Waals surface area contributed by atoms with Crippen LogP contribution < -0.4 is 20.0 Å². The molecule has 0 radical (unpaired) electrons. The number of nitrogens with one attached hydrogen (secondary N) is 1. The molecule has 0 spiro atoms. The second kappa shape index (κ2) is 8.60. The molecule has 9 heteroatoms. The number of morpholine rings is 1. The lowest BCUT2D eigenvalue weighted by Gasteiger charge is -2.31. The zero-order valence-electron chi connectivity index (χ0n) is 17.0. The normalized spacial score (nSPS) is 17.4.